The standard InChI is InChI=1S/C20H32/c1-13(2)17-11-18(14(3)4)20(16-9-7-8-10-16)19(12-17)15(5)6/h11-16H,7-10H2,1-6H3. The van der Waals surface area contributed by atoms with Crippen LogP contribution in [0.1, 0.15) is 113 Å². The Balaban J connectivity index is 2.60. The van der Waals surface area contributed by atoms with E-state index in [1.165, 1.54) is 31.2 Å². The van der Waals surface area contributed by atoms with Crippen molar-refractivity contribution in [2.24, 2.45) is 0 Å². The van der Waals surface area contributed by atoms with Gasteiger partial charge in [0.2, 0.25) is 0 Å². The molecule has 0 atom stereocenters. The van der Waals surface area contributed by atoms with Gasteiger partial charge in [0.05, 0.1) is 0 Å². The fourth-order valence-corrected chi connectivity index (χ4v) is 3.70. The smallest absolute Gasteiger partial charge is 0.0156 e. The van der Waals surface area contributed by atoms with Crippen LogP contribution in [0.3, 0.4) is 0 Å². The van der Waals surface area contributed by atoms with Crippen molar-refractivity contribution in [3.8, 4) is 0 Å². The fourth-order valence-electron chi connectivity index (χ4n) is 3.70. The molecule has 0 aromatic heterocycles. The van der Waals surface area contributed by atoms with Crippen LogP contribution in [0.4, 0.5) is 0 Å². The number of rotatable bonds is 4. The Bertz CT molecular complexity index is 416. The van der Waals surface area contributed by atoms with Crippen molar-refractivity contribution in [2.45, 2.75) is 90.9 Å². The van der Waals surface area contributed by atoms with Crippen LogP contribution in [-0.4, -0.2) is 0 Å². The first-order chi connectivity index (χ1) is 9.41. The van der Waals surface area contributed by atoms with Gasteiger partial charge in [-0.05, 0) is 58.8 Å². The Morgan fingerprint density at radius 1 is 0.750 bits per heavy atom. The van der Waals surface area contributed by atoms with Crippen molar-refractivity contribution in [1.29, 1.82) is 0 Å². The van der Waals surface area contributed by atoms with Gasteiger partial charge in [-0.3, -0.25) is 0 Å². The van der Waals surface area contributed by atoms with Crippen LogP contribution in [0, 0.1) is 0 Å². The molecule has 1 saturated carbocycles. The highest BCUT2D eigenvalue weighted by molar-refractivity contribution is 5.46. The molecular formula is C20H32. The van der Waals surface area contributed by atoms with Crippen LogP contribution in [0.15, 0.2) is 12.1 Å². The zero-order chi connectivity index (χ0) is 14.9. The van der Waals surface area contributed by atoms with Crippen LogP contribution >= 0.6 is 0 Å². The third kappa shape index (κ3) is 3.10. The molecule has 0 unspecified atom stereocenters. The molecular weight excluding hydrogens is 240 g/mol. The molecule has 20 heavy (non-hydrogen) atoms. The van der Waals surface area contributed by atoms with Gasteiger partial charge in [0.15, 0.2) is 0 Å². The minimum absolute atomic E-state index is 0.627. The molecule has 2 rings (SSSR count). The van der Waals surface area contributed by atoms with E-state index in [1.54, 1.807) is 16.7 Å². The summed E-state index contributed by atoms with van der Waals surface area (Å²) < 4.78 is 0. The molecule has 0 heteroatoms. The fraction of sp³-hybridized carbons (Fsp3) is 0.700. The lowest BCUT2D eigenvalue weighted by molar-refractivity contribution is 0.671. The van der Waals surface area contributed by atoms with Crippen LogP contribution in [0.25, 0.3) is 0 Å². The Morgan fingerprint density at radius 2 is 1.20 bits per heavy atom. The lowest BCUT2D eigenvalue weighted by atomic mass is 9.79. The Kier molecular flexibility index (Phi) is 4.94. The van der Waals surface area contributed by atoms with Crippen molar-refractivity contribution < 1.29 is 0 Å². The van der Waals surface area contributed by atoms with Crippen LogP contribution in [-0.2, 0) is 0 Å². The Morgan fingerprint density at radius 3 is 1.55 bits per heavy atom. The van der Waals surface area contributed by atoms with E-state index in [0.29, 0.717) is 17.8 Å². The van der Waals surface area contributed by atoms with Gasteiger partial charge in [-0.1, -0.05) is 66.5 Å². The molecule has 1 aliphatic rings. The summed E-state index contributed by atoms with van der Waals surface area (Å²) in [4.78, 5) is 0. The molecule has 0 N–H and O–H groups in total. The van der Waals surface area contributed by atoms with Crippen LogP contribution < -0.4 is 0 Å². The van der Waals surface area contributed by atoms with E-state index in [9.17, 15) is 0 Å². The summed E-state index contributed by atoms with van der Waals surface area (Å²) in [5.41, 5.74) is 6.51. The molecule has 0 saturated heterocycles. The number of hydrogen-bond acceptors (Lipinski definition) is 0. The predicted octanol–water partition coefficient (Wildman–Crippen LogP) is 6.71. The van der Waals surface area contributed by atoms with Gasteiger partial charge in [-0.2, -0.15) is 0 Å². The summed E-state index contributed by atoms with van der Waals surface area (Å²) in [7, 11) is 0. The molecule has 0 bridgehead atoms. The van der Waals surface area contributed by atoms with E-state index >= 15 is 0 Å². The van der Waals surface area contributed by atoms with E-state index in [4.69, 9.17) is 0 Å². The zero-order valence-corrected chi connectivity index (χ0v) is 14.3. The van der Waals surface area contributed by atoms with Gasteiger partial charge in [0.25, 0.3) is 0 Å². The molecule has 0 amide bonds. The van der Waals surface area contributed by atoms with Gasteiger partial charge in [0.1, 0.15) is 0 Å². The Hall–Kier alpha value is -0.780. The predicted molar refractivity (Wildman–Crippen MR) is 89.9 cm³/mol. The average Bonchev–Trinajstić information content (AvgIpc) is 2.90. The summed E-state index contributed by atoms with van der Waals surface area (Å²) in [5.74, 6) is 2.73. The molecule has 1 aliphatic carbocycles. The molecule has 112 valence electrons. The highest BCUT2D eigenvalue weighted by atomic mass is 14.3. The van der Waals surface area contributed by atoms with E-state index in [1.807, 2.05) is 0 Å². The maximum Gasteiger partial charge on any atom is -0.0156 e. The third-order valence-electron chi connectivity index (χ3n) is 4.94. The van der Waals surface area contributed by atoms with Gasteiger partial charge >= 0.3 is 0 Å². The van der Waals surface area contributed by atoms with E-state index in [-0.39, 0.29) is 0 Å². The minimum Gasteiger partial charge on any atom is -0.0587 e. The van der Waals surface area contributed by atoms with Crippen molar-refractivity contribution >= 4 is 0 Å². The maximum atomic E-state index is 2.51. The molecule has 1 fully saturated rings. The van der Waals surface area contributed by atoms with E-state index in [2.05, 4.69) is 53.7 Å². The number of benzene rings is 1. The first-order valence-corrected chi connectivity index (χ1v) is 8.59. The molecule has 0 radical (unpaired) electrons. The van der Waals surface area contributed by atoms with Gasteiger partial charge in [0, 0.05) is 0 Å². The molecule has 1 aromatic carbocycles. The summed E-state index contributed by atoms with van der Waals surface area (Å²) >= 11 is 0. The topological polar surface area (TPSA) is 0 Å². The first-order valence-electron chi connectivity index (χ1n) is 8.59. The van der Waals surface area contributed by atoms with Gasteiger partial charge in [-0.25, -0.2) is 0 Å². The van der Waals surface area contributed by atoms with Crippen LogP contribution in [0.5, 0.6) is 0 Å². The first kappa shape index (κ1) is 15.6. The minimum atomic E-state index is 0.627. The normalized spacial score (nSPS) is 16.9. The molecule has 0 aliphatic heterocycles. The van der Waals surface area contributed by atoms with Crippen molar-refractivity contribution in [3.63, 3.8) is 0 Å². The SMILES string of the molecule is CC(C)c1cc(C(C)C)c(C2CCCC2)c(C(C)C)c1. The average molecular weight is 272 g/mol. The van der Waals surface area contributed by atoms with E-state index in [0.717, 1.165) is 5.92 Å². The van der Waals surface area contributed by atoms with Crippen molar-refractivity contribution in [1.82, 2.24) is 0 Å². The summed E-state index contributed by atoms with van der Waals surface area (Å²) in [6.07, 6.45) is 5.65. The zero-order valence-electron chi connectivity index (χ0n) is 14.3. The van der Waals surface area contributed by atoms with Gasteiger partial charge < -0.3 is 0 Å². The second kappa shape index (κ2) is 6.33. The third-order valence-corrected chi connectivity index (χ3v) is 4.94. The maximum absolute atomic E-state index is 2.51. The monoisotopic (exact) mass is 272 g/mol. The quantitative estimate of drug-likeness (QED) is 0.571. The second-order valence-electron chi connectivity index (χ2n) is 7.56. The summed E-state index contributed by atoms with van der Waals surface area (Å²) in [6.45, 7) is 14.1. The highest BCUT2D eigenvalue weighted by Gasteiger charge is 2.25. The number of hydrogen-bond donors (Lipinski definition) is 0. The summed E-state index contributed by atoms with van der Waals surface area (Å²) in [5, 5.41) is 0. The Labute approximate surface area is 126 Å². The highest BCUT2D eigenvalue weighted by Crippen LogP contribution is 2.43. The molecule has 0 heterocycles. The van der Waals surface area contributed by atoms with E-state index < -0.39 is 0 Å². The van der Waals surface area contributed by atoms with Crippen LogP contribution in [0.2, 0.25) is 0 Å². The molecule has 0 nitrogen and oxygen atoms in total. The lowest BCUT2D eigenvalue weighted by Crippen LogP contribution is -2.09. The molecule has 1 aromatic rings. The van der Waals surface area contributed by atoms with Gasteiger partial charge in [-0.15, -0.1) is 0 Å². The summed E-state index contributed by atoms with van der Waals surface area (Å²) in [6, 6.07) is 5.02. The lowest BCUT2D eigenvalue weighted by Gasteiger charge is -2.26. The van der Waals surface area contributed by atoms with Crippen molar-refractivity contribution in [3.05, 3.63) is 34.4 Å². The molecule has 0 spiro atoms. The second-order valence-corrected chi connectivity index (χ2v) is 7.56. The largest absolute Gasteiger partial charge is 0.0587 e. The van der Waals surface area contributed by atoms with Crippen molar-refractivity contribution in [2.75, 3.05) is 0 Å².